The second-order valence-corrected chi connectivity index (χ2v) is 13.4. The summed E-state index contributed by atoms with van der Waals surface area (Å²) in [7, 11) is -2.54. The summed E-state index contributed by atoms with van der Waals surface area (Å²) in [4.78, 5) is 31.0. The van der Waals surface area contributed by atoms with Crippen LogP contribution >= 0.6 is 19.2 Å². The van der Waals surface area contributed by atoms with Crippen LogP contribution in [-0.2, 0) is 4.57 Å². The predicted molar refractivity (Wildman–Crippen MR) is 137 cm³/mol. The molecule has 10 nitrogen and oxygen atoms in total. The molecule has 0 aromatic heterocycles. The number of amides is 2. The van der Waals surface area contributed by atoms with Gasteiger partial charge in [-0.15, -0.1) is 11.6 Å². The Morgan fingerprint density at radius 2 is 1.60 bits per heavy atom. The molecule has 7 unspecified atom stereocenters. The van der Waals surface area contributed by atoms with Gasteiger partial charge in [-0.3, -0.25) is 20.5 Å². The number of piperidine rings is 1. The third kappa shape index (κ3) is 7.54. The summed E-state index contributed by atoms with van der Waals surface area (Å²) in [5.41, 5.74) is -0.776. The SMILES string of the molecule is CNC(=O)NC1CCC(C2CC(C3CCNC(NC4CCC(Cl)C(P(=O)(O)O)C4)N3)CCN2)CC1. The summed E-state index contributed by atoms with van der Waals surface area (Å²) in [6.45, 7) is 1.96. The van der Waals surface area contributed by atoms with E-state index in [1.165, 1.54) is 6.42 Å². The highest BCUT2D eigenvalue weighted by molar-refractivity contribution is 7.52. The van der Waals surface area contributed by atoms with Gasteiger partial charge in [0.2, 0.25) is 0 Å². The van der Waals surface area contributed by atoms with Crippen LogP contribution in [0.2, 0.25) is 0 Å². The van der Waals surface area contributed by atoms with Crippen LogP contribution in [0.25, 0.3) is 0 Å². The lowest BCUT2D eigenvalue weighted by molar-refractivity contribution is 0.127. The van der Waals surface area contributed by atoms with E-state index in [9.17, 15) is 19.1 Å². The zero-order valence-electron chi connectivity index (χ0n) is 20.7. The van der Waals surface area contributed by atoms with E-state index in [1.54, 1.807) is 7.05 Å². The van der Waals surface area contributed by atoms with E-state index < -0.39 is 18.6 Å². The van der Waals surface area contributed by atoms with E-state index in [0.29, 0.717) is 36.8 Å². The molecular formula is C23H44ClN6O4P. The smallest absolute Gasteiger partial charge is 0.330 e. The minimum Gasteiger partial charge on any atom is -0.341 e. The van der Waals surface area contributed by atoms with Gasteiger partial charge in [0.15, 0.2) is 0 Å². The number of urea groups is 1. The van der Waals surface area contributed by atoms with Gasteiger partial charge < -0.3 is 25.7 Å². The van der Waals surface area contributed by atoms with Crippen molar-refractivity contribution in [1.29, 1.82) is 0 Å². The lowest BCUT2D eigenvalue weighted by Crippen LogP contribution is -2.65. The van der Waals surface area contributed by atoms with E-state index in [-0.39, 0.29) is 24.4 Å². The van der Waals surface area contributed by atoms with Gasteiger partial charge in [0.05, 0.1) is 5.66 Å². The van der Waals surface area contributed by atoms with Crippen molar-refractivity contribution in [1.82, 2.24) is 31.9 Å². The Balaban J connectivity index is 1.25. The molecule has 202 valence electrons. The summed E-state index contributed by atoms with van der Waals surface area (Å²) in [6.07, 6.45) is 9.56. The third-order valence-corrected chi connectivity index (χ3v) is 10.8. The molecule has 2 aliphatic carbocycles. The average Bonchev–Trinajstić information content (AvgIpc) is 2.85. The van der Waals surface area contributed by atoms with Crippen LogP contribution in [0.15, 0.2) is 0 Å². The predicted octanol–water partition coefficient (Wildman–Crippen LogP) is 1.37. The molecule has 12 heteroatoms. The molecule has 4 aliphatic rings. The maximum atomic E-state index is 11.9. The zero-order valence-corrected chi connectivity index (χ0v) is 22.4. The molecule has 2 aliphatic heterocycles. The standard InChI is InChI=1S/C23H44ClN6O4P/c1-25-23(31)29-16-4-2-14(3-5-16)20-12-15(8-10-26-20)19-9-11-27-22(30-19)28-17-6-7-18(24)21(13-17)35(32,33)34/h14-22,26-28,30H,2-13H2,1H3,(H2,25,29,31)(H2,32,33,34). The lowest BCUT2D eigenvalue weighted by atomic mass is 9.75. The highest BCUT2D eigenvalue weighted by Gasteiger charge is 2.41. The van der Waals surface area contributed by atoms with Crippen molar-refractivity contribution in [2.45, 2.75) is 106 Å². The zero-order chi connectivity index (χ0) is 25.0. The van der Waals surface area contributed by atoms with Gasteiger partial charge in [-0.05, 0) is 89.1 Å². The Morgan fingerprint density at radius 1 is 0.886 bits per heavy atom. The summed E-state index contributed by atoms with van der Waals surface area (Å²) in [6, 6.07) is 1.18. The normalized spacial score (nSPS) is 41.2. The third-order valence-electron chi connectivity index (χ3n) is 8.70. The summed E-state index contributed by atoms with van der Waals surface area (Å²) >= 11 is 6.24. The summed E-state index contributed by atoms with van der Waals surface area (Å²) < 4.78 is 11.9. The summed E-state index contributed by atoms with van der Waals surface area (Å²) in [5.74, 6) is 1.27. The van der Waals surface area contributed by atoms with Crippen molar-refractivity contribution in [3.63, 3.8) is 0 Å². The van der Waals surface area contributed by atoms with Crippen LogP contribution in [0.3, 0.4) is 0 Å². The van der Waals surface area contributed by atoms with E-state index in [0.717, 1.165) is 58.0 Å². The number of rotatable bonds is 6. The average molecular weight is 535 g/mol. The molecule has 2 amide bonds. The van der Waals surface area contributed by atoms with Crippen LogP contribution in [0.4, 0.5) is 4.79 Å². The molecule has 0 bridgehead atoms. The maximum Gasteiger partial charge on any atom is 0.330 e. The van der Waals surface area contributed by atoms with E-state index in [2.05, 4.69) is 31.9 Å². The Kier molecular flexibility index (Phi) is 9.77. The molecule has 4 rings (SSSR count). The fourth-order valence-electron chi connectivity index (χ4n) is 6.69. The van der Waals surface area contributed by atoms with Gasteiger partial charge in [-0.2, -0.15) is 0 Å². The fraction of sp³-hybridized carbons (Fsp3) is 0.957. The van der Waals surface area contributed by atoms with Crippen molar-refractivity contribution in [2.24, 2.45) is 11.8 Å². The van der Waals surface area contributed by atoms with Crippen molar-refractivity contribution in [3.8, 4) is 0 Å². The fourth-order valence-corrected chi connectivity index (χ4v) is 8.46. The van der Waals surface area contributed by atoms with Crippen molar-refractivity contribution < 1.29 is 19.1 Å². The molecule has 4 fully saturated rings. The van der Waals surface area contributed by atoms with Crippen LogP contribution in [-0.4, -0.2) is 77.4 Å². The lowest BCUT2D eigenvalue weighted by Gasteiger charge is -2.44. The van der Waals surface area contributed by atoms with E-state index >= 15 is 0 Å². The Bertz CT molecular complexity index is 752. The molecule has 2 saturated heterocycles. The first-order valence-corrected chi connectivity index (χ1v) is 15.5. The first-order chi connectivity index (χ1) is 16.7. The van der Waals surface area contributed by atoms with Gasteiger partial charge in [0.25, 0.3) is 0 Å². The molecule has 8 N–H and O–H groups in total. The van der Waals surface area contributed by atoms with E-state index in [4.69, 9.17) is 11.6 Å². The highest BCUT2D eigenvalue weighted by atomic mass is 35.5. The number of hydrogen-bond donors (Lipinski definition) is 8. The molecule has 0 aromatic carbocycles. The maximum absolute atomic E-state index is 11.9. The van der Waals surface area contributed by atoms with Crippen LogP contribution < -0.4 is 31.9 Å². The van der Waals surface area contributed by atoms with Crippen molar-refractivity contribution >= 4 is 25.2 Å². The van der Waals surface area contributed by atoms with Gasteiger partial charge >= 0.3 is 13.6 Å². The first-order valence-electron chi connectivity index (χ1n) is 13.4. The topological polar surface area (TPSA) is 147 Å². The minimum atomic E-state index is -4.20. The number of alkyl halides is 1. The Labute approximate surface area is 214 Å². The highest BCUT2D eigenvalue weighted by Crippen LogP contribution is 2.49. The minimum absolute atomic E-state index is 0.0331. The second kappa shape index (κ2) is 12.4. The van der Waals surface area contributed by atoms with Gasteiger partial charge in [-0.1, -0.05) is 0 Å². The molecule has 0 spiro atoms. The number of carbonyl (C=O) groups excluding carboxylic acids is 1. The van der Waals surface area contributed by atoms with Crippen LogP contribution in [0, 0.1) is 11.8 Å². The van der Waals surface area contributed by atoms with Crippen molar-refractivity contribution in [3.05, 3.63) is 0 Å². The first kappa shape index (κ1) is 27.6. The van der Waals surface area contributed by atoms with Crippen LogP contribution in [0.1, 0.15) is 64.2 Å². The molecule has 0 aromatic rings. The van der Waals surface area contributed by atoms with Gasteiger partial charge in [0.1, 0.15) is 6.29 Å². The number of hydrogen-bond acceptors (Lipinski definition) is 6. The molecule has 2 heterocycles. The number of carbonyl (C=O) groups is 1. The molecule has 35 heavy (non-hydrogen) atoms. The molecule has 2 saturated carbocycles. The number of nitrogens with one attached hydrogen (secondary N) is 6. The number of halogens is 1. The van der Waals surface area contributed by atoms with Crippen LogP contribution in [0.5, 0.6) is 0 Å². The Morgan fingerprint density at radius 3 is 2.31 bits per heavy atom. The Hall–Kier alpha value is -0.450. The molecular weight excluding hydrogens is 491 g/mol. The molecule has 7 atom stereocenters. The van der Waals surface area contributed by atoms with E-state index in [1.807, 2.05) is 0 Å². The second-order valence-electron chi connectivity index (χ2n) is 11.0. The largest absolute Gasteiger partial charge is 0.341 e. The monoisotopic (exact) mass is 534 g/mol. The summed E-state index contributed by atoms with van der Waals surface area (Å²) in [5, 5.41) is 19.9. The van der Waals surface area contributed by atoms with Crippen molar-refractivity contribution in [2.75, 3.05) is 20.1 Å². The quantitative estimate of drug-likeness (QED) is 0.188. The van der Waals surface area contributed by atoms with Gasteiger partial charge in [-0.25, -0.2) is 4.79 Å². The molecule has 0 radical (unpaired) electrons. The van der Waals surface area contributed by atoms with Gasteiger partial charge in [0, 0.05) is 36.6 Å².